The van der Waals surface area contributed by atoms with Gasteiger partial charge < -0.3 is 31.2 Å². The summed E-state index contributed by atoms with van der Waals surface area (Å²) in [5, 5.41) is 48.7. The molecule has 6 rings (SSSR count). The lowest BCUT2D eigenvalue weighted by Gasteiger charge is -2.49. The Morgan fingerprint density at radius 2 is 2.04 bits per heavy atom. The predicted octanol–water partition coefficient (Wildman–Crippen LogP) is 2.09. The van der Waals surface area contributed by atoms with Gasteiger partial charge in [0.2, 0.25) is 0 Å². The summed E-state index contributed by atoms with van der Waals surface area (Å²) < 4.78 is 0. The van der Waals surface area contributed by atoms with Gasteiger partial charge in [0.15, 0.2) is 28.2 Å². The minimum atomic E-state index is -1.33. The number of hydrogen-bond donors (Lipinski definition) is 8. The van der Waals surface area contributed by atoms with Gasteiger partial charge in [-0.05, 0) is 24.6 Å². The van der Waals surface area contributed by atoms with E-state index >= 15 is 0 Å². The average molecular weight is 800 g/mol. The molecule has 4 aliphatic heterocycles. The summed E-state index contributed by atoms with van der Waals surface area (Å²) in [4.78, 5) is 66.1. The number of carbonyl (C=O) groups excluding carboxylic acids is 3. The zero-order chi connectivity index (χ0) is 36.7. The van der Waals surface area contributed by atoms with Gasteiger partial charge in [0.05, 0.1) is 21.3 Å². The van der Waals surface area contributed by atoms with E-state index in [0.29, 0.717) is 22.1 Å². The standard InChI is InChI=1S/C27H24Cl2N10O9S3/c1-9-2-15(39-14(31-9)4-37(36-39)27(46)34-47)49-6-11-7-50-24-18(23(43)38(24)19(11)25(44)45)33-22(42)17(13-8-51-26(30)32-13)35-48-5-10-3-12(28)20(40)21(41)16(10)29/h2-4,8,18,24,36,40-41,47H,5-7H2,1H3,(H2,30,32)(H,33,42)(H,34,46)(H,44,45)/t18-,24-/m1/s1. The molecule has 9 N–H and O–H groups in total. The van der Waals surface area contributed by atoms with Gasteiger partial charge in [0.25, 0.3) is 11.8 Å². The van der Waals surface area contributed by atoms with Crippen molar-refractivity contribution in [1.29, 1.82) is 0 Å². The van der Waals surface area contributed by atoms with Crippen LogP contribution < -0.4 is 22.1 Å². The molecule has 4 aliphatic rings. The van der Waals surface area contributed by atoms with Crippen LogP contribution in [0.5, 0.6) is 11.5 Å². The van der Waals surface area contributed by atoms with Crippen molar-refractivity contribution in [3.8, 4) is 11.5 Å². The van der Waals surface area contributed by atoms with Crippen molar-refractivity contribution < 1.29 is 44.5 Å². The second kappa shape index (κ2) is 14.5. The Kier molecular flexibility index (Phi) is 10.3. The first-order valence-electron chi connectivity index (χ1n) is 14.2. The van der Waals surface area contributed by atoms with Crippen LogP contribution >= 0.6 is 58.1 Å². The smallest absolute Gasteiger partial charge is 0.361 e. The molecule has 1 aromatic heterocycles. The van der Waals surface area contributed by atoms with Crippen molar-refractivity contribution in [2.45, 2.75) is 24.9 Å². The number of hydroxylamine groups is 1. The number of aliphatic carboxylic acids is 1. The number of hydrazine groups is 2. The number of β-lactam (4-membered cyclic amide) rings is 1. The van der Waals surface area contributed by atoms with Crippen molar-refractivity contribution in [3.63, 3.8) is 0 Å². The number of urea groups is 1. The number of allylic oxidation sites excluding steroid dienone is 1. The first-order chi connectivity index (χ1) is 24.3. The van der Waals surface area contributed by atoms with E-state index in [1.54, 1.807) is 13.0 Å². The normalized spacial score (nSPS) is 19.8. The number of nitrogens with zero attached hydrogens (tertiary/aromatic N) is 6. The topological polar surface area (TPSA) is 268 Å². The molecule has 0 aliphatic carbocycles. The zero-order valence-electron chi connectivity index (χ0n) is 25.7. The Bertz CT molecular complexity index is 2020. The Morgan fingerprint density at radius 1 is 1.27 bits per heavy atom. The van der Waals surface area contributed by atoms with Gasteiger partial charge >= 0.3 is 12.0 Å². The fraction of sp³-hybridized carbons (Fsp3) is 0.222. The van der Waals surface area contributed by atoms with Crippen molar-refractivity contribution in [3.05, 3.63) is 67.1 Å². The third-order valence-electron chi connectivity index (χ3n) is 7.37. The molecule has 268 valence electrons. The van der Waals surface area contributed by atoms with E-state index in [0.717, 1.165) is 21.2 Å². The molecule has 51 heavy (non-hydrogen) atoms. The second-order valence-corrected chi connectivity index (χ2v) is 14.4. The minimum absolute atomic E-state index is 0.0287. The quantitative estimate of drug-likeness (QED) is 0.0562. The SMILES string of the molecule is CC1=NC2=CN(C(=O)NO)NN2C(SCC2=C(C(=O)O)N3C(=O)[C@@H](NC(=O)C(=NOCc4cc(Cl)c(O)c(O)c4Cl)c4csc(N)n4)[C@H]3SC2)=C1. The van der Waals surface area contributed by atoms with Gasteiger partial charge in [-0.1, -0.05) is 28.4 Å². The molecule has 1 fully saturated rings. The summed E-state index contributed by atoms with van der Waals surface area (Å²) in [5.41, 5.74) is 10.7. The summed E-state index contributed by atoms with van der Waals surface area (Å²) in [6, 6.07) is -0.743. The Balaban J connectivity index is 1.15. The lowest BCUT2D eigenvalue weighted by atomic mass is 10.0. The molecule has 0 spiro atoms. The number of nitrogens with one attached hydrogen (secondary N) is 3. The van der Waals surface area contributed by atoms with Crippen LogP contribution in [0.25, 0.3) is 0 Å². The monoisotopic (exact) mass is 798 g/mol. The molecule has 5 heterocycles. The summed E-state index contributed by atoms with van der Waals surface area (Å²) in [5.74, 6) is -3.45. The summed E-state index contributed by atoms with van der Waals surface area (Å²) in [7, 11) is 0. The lowest BCUT2D eigenvalue weighted by molar-refractivity contribution is -0.150. The maximum absolute atomic E-state index is 13.5. The number of fused-ring (bicyclic) bond motifs is 2. The lowest BCUT2D eigenvalue weighted by Crippen LogP contribution is -2.71. The number of nitrogen functional groups attached to an aromatic ring is 1. The Labute approximate surface area is 309 Å². The largest absolute Gasteiger partial charge is 0.503 e. The van der Waals surface area contributed by atoms with E-state index < -0.39 is 53.3 Å². The fourth-order valence-corrected chi connectivity index (χ4v) is 8.53. The number of anilines is 1. The predicted molar refractivity (Wildman–Crippen MR) is 186 cm³/mol. The summed E-state index contributed by atoms with van der Waals surface area (Å²) in [6.45, 7) is 1.35. The van der Waals surface area contributed by atoms with E-state index in [2.05, 4.69) is 26.0 Å². The highest BCUT2D eigenvalue weighted by molar-refractivity contribution is 8.03. The zero-order valence-corrected chi connectivity index (χ0v) is 29.6. The molecule has 0 saturated carbocycles. The van der Waals surface area contributed by atoms with E-state index in [4.69, 9.17) is 39.0 Å². The van der Waals surface area contributed by atoms with Gasteiger partial charge in [0.1, 0.15) is 29.4 Å². The van der Waals surface area contributed by atoms with Crippen molar-refractivity contribution in [1.82, 2.24) is 36.2 Å². The number of nitrogens with two attached hydrogens (primary N) is 1. The number of thiazole rings is 1. The van der Waals surface area contributed by atoms with E-state index in [9.17, 15) is 34.5 Å². The molecular weight excluding hydrogens is 775 g/mol. The number of carboxylic acid groups (broad SMARTS) is 1. The molecule has 0 unspecified atom stereocenters. The molecule has 2 atom stereocenters. The van der Waals surface area contributed by atoms with Gasteiger partial charge in [-0.2, -0.15) is 0 Å². The number of carbonyl (C=O) groups is 4. The molecule has 0 bridgehead atoms. The molecule has 4 amide bonds. The number of aromatic hydroxyl groups is 2. The maximum Gasteiger partial charge on any atom is 0.361 e. The first-order valence-corrected chi connectivity index (χ1v) is 17.9. The third-order valence-corrected chi connectivity index (χ3v) is 11.2. The van der Waals surface area contributed by atoms with Gasteiger partial charge in [0, 0.05) is 28.2 Å². The fourth-order valence-electron chi connectivity index (χ4n) is 5.01. The minimum Gasteiger partial charge on any atom is -0.503 e. The number of hydrogen-bond acceptors (Lipinski definition) is 17. The molecule has 0 radical (unpaired) electrons. The summed E-state index contributed by atoms with van der Waals surface area (Å²) >= 11 is 15.5. The number of rotatable bonds is 10. The van der Waals surface area contributed by atoms with E-state index in [-0.39, 0.29) is 49.3 Å². The average Bonchev–Trinajstić information content (AvgIpc) is 3.74. The van der Waals surface area contributed by atoms with Crippen LogP contribution in [-0.2, 0) is 25.8 Å². The molecule has 2 aromatic rings. The number of oxime groups is 1. The highest BCUT2D eigenvalue weighted by Crippen LogP contribution is 2.43. The molecular formula is C27H24Cl2N10O9S3. The first kappa shape index (κ1) is 36.1. The maximum atomic E-state index is 13.5. The number of phenols is 2. The number of aromatic nitrogens is 1. The van der Waals surface area contributed by atoms with Crippen molar-refractivity contribution in [2.75, 3.05) is 17.2 Å². The van der Waals surface area contributed by atoms with Crippen LogP contribution in [0, 0.1) is 0 Å². The van der Waals surface area contributed by atoms with Crippen LogP contribution in [0.1, 0.15) is 18.2 Å². The van der Waals surface area contributed by atoms with Crippen LogP contribution in [0.4, 0.5) is 9.93 Å². The number of benzene rings is 1. The molecule has 1 saturated heterocycles. The number of thioether (sulfide) groups is 2. The van der Waals surface area contributed by atoms with Crippen LogP contribution in [-0.4, -0.2) is 98.6 Å². The number of carboxylic acids is 1. The molecule has 1 aromatic carbocycles. The van der Waals surface area contributed by atoms with Crippen LogP contribution in [0.3, 0.4) is 0 Å². The second-order valence-electron chi connectivity index (χ2n) is 10.7. The third kappa shape index (κ3) is 6.98. The van der Waals surface area contributed by atoms with E-state index in [1.165, 1.54) is 51.7 Å². The molecule has 24 heteroatoms. The van der Waals surface area contributed by atoms with E-state index in [1.807, 2.05) is 0 Å². The van der Waals surface area contributed by atoms with Crippen LogP contribution in [0.15, 0.2) is 56.0 Å². The summed E-state index contributed by atoms with van der Waals surface area (Å²) in [6.07, 6.45) is 3.07. The number of halogens is 2. The Hall–Kier alpha value is -4.71. The molecule has 19 nitrogen and oxygen atoms in total. The van der Waals surface area contributed by atoms with Crippen LogP contribution in [0.2, 0.25) is 10.0 Å². The number of aliphatic imine (C=N–C) groups is 1. The van der Waals surface area contributed by atoms with Gasteiger partial charge in [-0.15, -0.1) is 40.4 Å². The van der Waals surface area contributed by atoms with Crippen molar-refractivity contribution in [2.24, 2.45) is 10.1 Å². The number of amides is 4. The highest BCUT2D eigenvalue weighted by atomic mass is 35.5. The Morgan fingerprint density at radius 3 is 2.73 bits per heavy atom. The van der Waals surface area contributed by atoms with Gasteiger partial charge in [-0.3, -0.25) is 19.7 Å². The highest BCUT2D eigenvalue weighted by Gasteiger charge is 2.54. The number of phenolic OH excluding ortho intramolecular Hbond substituents is 2. The van der Waals surface area contributed by atoms with Crippen molar-refractivity contribution >= 4 is 98.4 Å². The van der Waals surface area contributed by atoms with Gasteiger partial charge in [-0.25, -0.2) is 35.1 Å².